The quantitative estimate of drug-likeness (QED) is 0.260. The minimum atomic E-state index is 0.352. The van der Waals surface area contributed by atoms with Gasteiger partial charge in [-0.3, -0.25) is 5.41 Å². The highest BCUT2D eigenvalue weighted by molar-refractivity contribution is 6.15. The highest BCUT2D eigenvalue weighted by Crippen LogP contribution is 2.28. The maximum absolute atomic E-state index is 8.95. The van der Waals surface area contributed by atoms with Crippen LogP contribution in [0.3, 0.4) is 0 Å². The van der Waals surface area contributed by atoms with Gasteiger partial charge in [0.2, 0.25) is 11.8 Å². The van der Waals surface area contributed by atoms with Gasteiger partial charge in [-0.2, -0.15) is 4.98 Å². The number of anilines is 1. The largest absolute Gasteiger partial charge is 0.473 e. The molecular weight excluding hydrogens is 410 g/mol. The summed E-state index contributed by atoms with van der Waals surface area (Å²) in [5, 5.41) is 12.2. The molecule has 0 aliphatic heterocycles. The zero-order chi connectivity index (χ0) is 23.6. The van der Waals surface area contributed by atoms with Gasteiger partial charge in [-0.1, -0.05) is 68.0 Å². The van der Waals surface area contributed by atoms with Crippen molar-refractivity contribution < 1.29 is 9.47 Å². The number of rotatable bonds is 11. The Labute approximate surface area is 197 Å². The Balaban J connectivity index is 1.92. The minimum Gasteiger partial charge on any atom is -0.473 e. The number of benzene rings is 2. The second-order valence-corrected chi connectivity index (χ2v) is 7.88. The predicted molar refractivity (Wildman–Crippen MR) is 136 cm³/mol. The summed E-state index contributed by atoms with van der Waals surface area (Å²) in [5.74, 6) is 0.880. The van der Waals surface area contributed by atoms with E-state index in [1.54, 1.807) is 0 Å². The van der Waals surface area contributed by atoms with Gasteiger partial charge in [0.1, 0.15) is 13.2 Å². The first-order valence-electron chi connectivity index (χ1n) is 11.4. The molecule has 0 bridgehead atoms. The maximum Gasteiger partial charge on any atom is 0.226 e. The van der Waals surface area contributed by atoms with Crippen molar-refractivity contribution in [2.24, 2.45) is 0 Å². The van der Waals surface area contributed by atoms with Crippen molar-refractivity contribution in [3.05, 3.63) is 94.6 Å². The lowest BCUT2D eigenvalue weighted by Crippen LogP contribution is -2.11. The molecule has 0 saturated heterocycles. The molecule has 2 aromatic carbocycles. The number of ether oxygens (including phenoxy) is 2. The lowest BCUT2D eigenvalue weighted by Gasteiger charge is -2.17. The van der Waals surface area contributed by atoms with Crippen LogP contribution in [-0.4, -0.2) is 24.4 Å². The van der Waals surface area contributed by atoms with Gasteiger partial charge in [0, 0.05) is 24.4 Å². The molecular formula is C28H33N3O2. The van der Waals surface area contributed by atoms with Crippen molar-refractivity contribution in [1.82, 2.24) is 4.98 Å². The first-order valence-corrected chi connectivity index (χ1v) is 11.4. The first kappa shape index (κ1) is 24.1. The van der Waals surface area contributed by atoms with E-state index in [0.29, 0.717) is 36.2 Å². The number of pyridine rings is 1. The number of allylic oxidation sites excluding steroid dienone is 1. The lowest BCUT2D eigenvalue weighted by atomic mass is 9.99. The highest BCUT2D eigenvalue weighted by Gasteiger charge is 2.18. The monoisotopic (exact) mass is 443 g/mol. The molecule has 3 aromatic rings. The van der Waals surface area contributed by atoms with Crippen LogP contribution in [0, 0.1) is 12.3 Å². The maximum atomic E-state index is 8.95. The number of hydrogen-bond donors (Lipinski definition) is 2. The molecule has 0 radical (unpaired) electrons. The summed E-state index contributed by atoms with van der Waals surface area (Å²) in [6.07, 6.45) is 4.16. The Hall–Kier alpha value is -3.60. The third kappa shape index (κ3) is 6.22. The molecule has 0 saturated carbocycles. The standard InChI is InChI=1S/C28H33N3O2/c1-5-11-21(6-2)18-32-25-17-16-24(26(29)23-15-10-12-20(3)27(23)30-4)28(31-25)33-19-22-13-8-7-9-14-22/h6-10,12-17,29-30H,5,11,18-19H2,1-4H3/b21-6+,29-26?. The van der Waals surface area contributed by atoms with Crippen molar-refractivity contribution in [2.45, 2.75) is 40.2 Å². The molecule has 1 aromatic heterocycles. The third-order valence-electron chi connectivity index (χ3n) is 5.50. The van der Waals surface area contributed by atoms with E-state index in [4.69, 9.17) is 14.9 Å². The Morgan fingerprint density at radius 1 is 1.00 bits per heavy atom. The molecule has 0 atom stereocenters. The van der Waals surface area contributed by atoms with E-state index in [1.807, 2.05) is 81.6 Å². The summed E-state index contributed by atoms with van der Waals surface area (Å²) in [6.45, 7) is 7.07. The Kier molecular flexibility index (Phi) is 8.64. The molecule has 0 unspecified atom stereocenters. The molecule has 0 fully saturated rings. The fraction of sp³-hybridized carbons (Fsp3) is 0.286. The van der Waals surface area contributed by atoms with Gasteiger partial charge in [0.15, 0.2) is 0 Å². The molecule has 33 heavy (non-hydrogen) atoms. The fourth-order valence-electron chi connectivity index (χ4n) is 3.67. The average Bonchev–Trinajstić information content (AvgIpc) is 2.85. The summed E-state index contributed by atoms with van der Waals surface area (Å²) in [4.78, 5) is 4.65. The van der Waals surface area contributed by atoms with E-state index in [-0.39, 0.29) is 0 Å². The van der Waals surface area contributed by atoms with E-state index in [9.17, 15) is 0 Å². The number of hydrogen-bond acceptors (Lipinski definition) is 5. The van der Waals surface area contributed by atoms with Crippen LogP contribution < -0.4 is 14.8 Å². The first-order chi connectivity index (χ1) is 16.1. The van der Waals surface area contributed by atoms with Gasteiger partial charge in [0.05, 0.1) is 11.3 Å². The SMILES string of the molecule is C/C=C(\CCC)COc1ccc(C(=N)c2cccc(C)c2NC)c(OCc2ccccc2)n1. The average molecular weight is 444 g/mol. The minimum absolute atomic E-state index is 0.352. The third-order valence-corrected chi connectivity index (χ3v) is 5.50. The molecule has 172 valence electrons. The molecule has 3 rings (SSSR count). The number of aromatic nitrogens is 1. The van der Waals surface area contributed by atoms with Gasteiger partial charge in [0.25, 0.3) is 0 Å². The normalized spacial score (nSPS) is 11.2. The smallest absolute Gasteiger partial charge is 0.226 e. The molecule has 1 heterocycles. The number of nitrogens with zero attached hydrogens (tertiary/aromatic N) is 1. The zero-order valence-electron chi connectivity index (χ0n) is 19.9. The second-order valence-electron chi connectivity index (χ2n) is 7.88. The van der Waals surface area contributed by atoms with Gasteiger partial charge in [-0.15, -0.1) is 0 Å². The van der Waals surface area contributed by atoms with Crippen LogP contribution >= 0.6 is 0 Å². The lowest BCUT2D eigenvalue weighted by molar-refractivity contribution is 0.280. The predicted octanol–water partition coefficient (Wildman–Crippen LogP) is 6.55. The Morgan fingerprint density at radius 2 is 1.79 bits per heavy atom. The molecule has 0 aliphatic carbocycles. The van der Waals surface area contributed by atoms with E-state index in [2.05, 4.69) is 23.3 Å². The number of nitrogens with one attached hydrogen (secondary N) is 2. The second kappa shape index (κ2) is 11.9. The van der Waals surface area contributed by atoms with Crippen LogP contribution in [0.1, 0.15) is 48.9 Å². The van der Waals surface area contributed by atoms with Crippen molar-refractivity contribution in [3.8, 4) is 11.8 Å². The van der Waals surface area contributed by atoms with Crippen molar-refractivity contribution in [1.29, 1.82) is 5.41 Å². The summed E-state index contributed by atoms with van der Waals surface area (Å²) in [5.41, 5.74) is 6.06. The Bertz CT molecular complexity index is 1110. The molecule has 5 nitrogen and oxygen atoms in total. The fourth-order valence-corrected chi connectivity index (χ4v) is 3.67. The molecule has 0 amide bonds. The molecule has 0 spiro atoms. The summed E-state index contributed by atoms with van der Waals surface area (Å²) >= 11 is 0. The van der Waals surface area contributed by atoms with Crippen LogP contribution in [0.15, 0.2) is 72.3 Å². The van der Waals surface area contributed by atoms with Gasteiger partial charge in [-0.05, 0) is 43.0 Å². The van der Waals surface area contributed by atoms with Crippen molar-refractivity contribution in [2.75, 3.05) is 19.0 Å². The summed E-state index contributed by atoms with van der Waals surface area (Å²) < 4.78 is 12.1. The van der Waals surface area contributed by atoms with Crippen molar-refractivity contribution >= 4 is 11.4 Å². The van der Waals surface area contributed by atoms with E-state index in [1.165, 1.54) is 5.57 Å². The topological polar surface area (TPSA) is 67.2 Å². The van der Waals surface area contributed by atoms with Crippen LogP contribution in [0.4, 0.5) is 5.69 Å². The van der Waals surface area contributed by atoms with E-state index < -0.39 is 0 Å². The van der Waals surface area contributed by atoms with Crippen LogP contribution in [-0.2, 0) is 6.61 Å². The van der Waals surface area contributed by atoms with Gasteiger partial charge >= 0.3 is 0 Å². The van der Waals surface area contributed by atoms with Gasteiger partial charge < -0.3 is 14.8 Å². The molecule has 5 heteroatoms. The van der Waals surface area contributed by atoms with Crippen LogP contribution in [0.2, 0.25) is 0 Å². The zero-order valence-corrected chi connectivity index (χ0v) is 19.9. The van der Waals surface area contributed by atoms with E-state index >= 15 is 0 Å². The van der Waals surface area contributed by atoms with Crippen LogP contribution in [0.5, 0.6) is 11.8 Å². The van der Waals surface area contributed by atoms with Crippen molar-refractivity contribution in [3.63, 3.8) is 0 Å². The number of aryl methyl sites for hydroxylation is 1. The van der Waals surface area contributed by atoms with E-state index in [0.717, 1.165) is 35.2 Å². The highest BCUT2D eigenvalue weighted by atomic mass is 16.5. The van der Waals surface area contributed by atoms with Crippen LogP contribution in [0.25, 0.3) is 0 Å². The summed E-state index contributed by atoms with van der Waals surface area (Å²) in [7, 11) is 1.87. The molecule has 2 N–H and O–H groups in total. The molecule has 0 aliphatic rings. The number of para-hydroxylation sites is 1. The summed E-state index contributed by atoms with van der Waals surface area (Å²) in [6, 6.07) is 19.6. The Morgan fingerprint density at radius 3 is 2.48 bits per heavy atom. The van der Waals surface area contributed by atoms with Gasteiger partial charge in [-0.25, -0.2) is 0 Å².